The SMILES string of the molecule is CCCc1noc2ccc3cc(C)ccc3c12. The summed E-state index contributed by atoms with van der Waals surface area (Å²) in [5, 5.41) is 7.88. The van der Waals surface area contributed by atoms with Crippen LogP contribution in [0.5, 0.6) is 0 Å². The number of aromatic nitrogens is 1. The van der Waals surface area contributed by atoms with E-state index in [9.17, 15) is 0 Å². The highest BCUT2D eigenvalue weighted by Gasteiger charge is 2.10. The van der Waals surface area contributed by atoms with Crippen LogP contribution >= 0.6 is 0 Å². The van der Waals surface area contributed by atoms with Crippen molar-refractivity contribution in [3.8, 4) is 0 Å². The van der Waals surface area contributed by atoms with Gasteiger partial charge in [-0.1, -0.05) is 48.3 Å². The minimum atomic E-state index is 0.893. The number of benzene rings is 2. The van der Waals surface area contributed by atoms with Gasteiger partial charge in [-0.25, -0.2) is 0 Å². The first-order valence-electron chi connectivity index (χ1n) is 6.07. The van der Waals surface area contributed by atoms with Crippen LogP contribution in [0.15, 0.2) is 34.9 Å². The van der Waals surface area contributed by atoms with E-state index in [1.165, 1.54) is 21.7 Å². The summed E-state index contributed by atoms with van der Waals surface area (Å²) < 4.78 is 5.39. The molecule has 0 aliphatic heterocycles. The van der Waals surface area contributed by atoms with Gasteiger partial charge in [0.05, 0.1) is 11.1 Å². The Morgan fingerprint density at radius 2 is 2.06 bits per heavy atom. The van der Waals surface area contributed by atoms with Crippen molar-refractivity contribution in [1.29, 1.82) is 0 Å². The van der Waals surface area contributed by atoms with Crippen LogP contribution in [-0.2, 0) is 6.42 Å². The van der Waals surface area contributed by atoms with E-state index < -0.39 is 0 Å². The fraction of sp³-hybridized carbons (Fsp3) is 0.267. The molecular weight excluding hydrogens is 210 g/mol. The molecule has 0 unspecified atom stereocenters. The van der Waals surface area contributed by atoms with Gasteiger partial charge in [0.2, 0.25) is 0 Å². The molecule has 2 aromatic carbocycles. The maximum atomic E-state index is 5.39. The molecule has 17 heavy (non-hydrogen) atoms. The summed E-state index contributed by atoms with van der Waals surface area (Å²) in [5.41, 5.74) is 3.26. The molecule has 0 N–H and O–H groups in total. The van der Waals surface area contributed by atoms with Crippen molar-refractivity contribution in [2.24, 2.45) is 0 Å². The Hall–Kier alpha value is -1.83. The molecule has 0 bridgehead atoms. The Kier molecular flexibility index (Phi) is 2.36. The number of aryl methyl sites for hydroxylation is 2. The van der Waals surface area contributed by atoms with Crippen molar-refractivity contribution >= 4 is 21.7 Å². The van der Waals surface area contributed by atoms with E-state index in [0.717, 1.165) is 24.1 Å². The molecule has 1 heterocycles. The molecule has 3 rings (SSSR count). The third-order valence-corrected chi connectivity index (χ3v) is 3.17. The highest BCUT2D eigenvalue weighted by molar-refractivity contribution is 6.06. The maximum Gasteiger partial charge on any atom is 0.167 e. The lowest BCUT2D eigenvalue weighted by Crippen LogP contribution is -1.84. The molecule has 0 spiro atoms. The first-order chi connectivity index (χ1) is 8.29. The summed E-state index contributed by atoms with van der Waals surface area (Å²) in [4.78, 5) is 0. The normalized spacial score (nSPS) is 11.4. The first-order valence-corrected chi connectivity index (χ1v) is 6.07. The fourth-order valence-corrected chi connectivity index (χ4v) is 2.36. The molecule has 0 saturated carbocycles. The molecule has 3 aromatic rings. The van der Waals surface area contributed by atoms with Crippen molar-refractivity contribution in [2.75, 3.05) is 0 Å². The van der Waals surface area contributed by atoms with Crippen LogP contribution in [0.2, 0.25) is 0 Å². The van der Waals surface area contributed by atoms with Crippen LogP contribution in [0, 0.1) is 6.92 Å². The number of hydrogen-bond donors (Lipinski definition) is 0. The summed E-state index contributed by atoms with van der Waals surface area (Å²) >= 11 is 0. The average molecular weight is 225 g/mol. The smallest absolute Gasteiger partial charge is 0.167 e. The Morgan fingerprint density at radius 1 is 1.18 bits per heavy atom. The van der Waals surface area contributed by atoms with Crippen LogP contribution in [-0.4, -0.2) is 5.16 Å². The molecule has 0 saturated heterocycles. The summed E-state index contributed by atoms with van der Waals surface area (Å²) in [6.07, 6.45) is 2.06. The lowest BCUT2D eigenvalue weighted by atomic mass is 10.0. The van der Waals surface area contributed by atoms with Gasteiger partial charge in [-0.3, -0.25) is 0 Å². The summed E-state index contributed by atoms with van der Waals surface area (Å²) in [6.45, 7) is 4.28. The average Bonchev–Trinajstić information content (AvgIpc) is 2.73. The minimum Gasteiger partial charge on any atom is -0.356 e. The van der Waals surface area contributed by atoms with Gasteiger partial charge in [0, 0.05) is 0 Å². The Balaban J connectivity index is 2.40. The van der Waals surface area contributed by atoms with E-state index in [4.69, 9.17) is 4.52 Å². The zero-order valence-electron chi connectivity index (χ0n) is 10.2. The largest absolute Gasteiger partial charge is 0.356 e. The summed E-state index contributed by atoms with van der Waals surface area (Å²) in [5.74, 6) is 0. The van der Waals surface area contributed by atoms with Crippen LogP contribution in [0.3, 0.4) is 0 Å². The standard InChI is InChI=1S/C15H15NO/c1-3-4-13-15-12-7-5-10(2)9-11(12)6-8-14(15)17-16-13/h5-9H,3-4H2,1-2H3. The van der Waals surface area contributed by atoms with Crippen LogP contribution in [0.1, 0.15) is 24.6 Å². The third-order valence-electron chi connectivity index (χ3n) is 3.17. The van der Waals surface area contributed by atoms with E-state index in [0.29, 0.717) is 0 Å². The predicted octanol–water partition coefficient (Wildman–Crippen LogP) is 4.24. The Bertz CT molecular complexity index is 682. The molecule has 0 atom stereocenters. The van der Waals surface area contributed by atoms with Crippen molar-refractivity contribution in [3.05, 3.63) is 41.6 Å². The first kappa shape index (κ1) is 10.3. The van der Waals surface area contributed by atoms with Crippen LogP contribution < -0.4 is 0 Å². The van der Waals surface area contributed by atoms with Crippen molar-refractivity contribution in [1.82, 2.24) is 5.16 Å². The minimum absolute atomic E-state index is 0.893. The van der Waals surface area contributed by atoms with E-state index in [2.05, 4.69) is 43.3 Å². The van der Waals surface area contributed by atoms with Gasteiger partial charge in [0.1, 0.15) is 0 Å². The van der Waals surface area contributed by atoms with E-state index in [1.807, 2.05) is 6.07 Å². The van der Waals surface area contributed by atoms with Crippen molar-refractivity contribution < 1.29 is 4.52 Å². The molecule has 0 aliphatic rings. The highest BCUT2D eigenvalue weighted by Crippen LogP contribution is 2.29. The number of hydrogen-bond acceptors (Lipinski definition) is 2. The fourth-order valence-electron chi connectivity index (χ4n) is 2.36. The van der Waals surface area contributed by atoms with Gasteiger partial charge in [-0.2, -0.15) is 0 Å². The summed E-state index contributed by atoms with van der Waals surface area (Å²) in [7, 11) is 0. The van der Waals surface area contributed by atoms with E-state index in [-0.39, 0.29) is 0 Å². The van der Waals surface area contributed by atoms with Gasteiger partial charge in [0.25, 0.3) is 0 Å². The quantitative estimate of drug-likeness (QED) is 0.652. The molecule has 0 fully saturated rings. The van der Waals surface area contributed by atoms with Gasteiger partial charge in [-0.15, -0.1) is 0 Å². The molecule has 0 amide bonds. The predicted molar refractivity (Wildman–Crippen MR) is 70.2 cm³/mol. The van der Waals surface area contributed by atoms with E-state index in [1.54, 1.807) is 0 Å². The maximum absolute atomic E-state index is 5.39. The van der Waals surface area contributed by atoms with Crippen molar-refractivity contribution in [3.63, 3.8) is 0 Å². The summed E-state index contributed by atoms with van der Waals surface area (Å²) in [6, 6.07) is 10.6. The lowest BCUT2D eigenvalue weighted by molar-refractivity contribution is 0.445. The second kappa shape index (κ2) is 3.88. The van der Waals surface area contributed by atoms with Gasteiger partial charge < -0.3 is 4.52 Å². The molecule has 86 valence electrons. The third kappa shape index (κ3) is 1.60. The van der Waals surface area contributed by atoms with Gasteiger partial charge >= 0.3 is 0 Å². The van der Waals surface area contributed by atoms with Crippen LogP contribution in [0.25, 0.3) is 21.7 Å². The molecule has 2 heteroatoms. The zero-order valence-corrected chi connectivity index (χ0v) is 10.2. The monoisotopic (exact) mass is 225 g/mol. The van der Waals surface area contributed by atoms with Crippen molar-refractivity contribution in [2.45, 2.75) is 26.7 Å². The van der Waals surface area contributed by atoms with Crippen LogP contribution in [0.4, 0.5) is 0 Å². The topological polar surface area (TPSA) is 26.0 Å². The van der Waals surface area contributed by atoms with E-state index >= 15 is 0 Å². The lowest BCUT2D eigenvalue weighted by Gasteiger charge is -2.01. The molecule has 1 aromatic heterocycles. The molecular formula is C15H15NO. The number of fused-ring (bicyclic) bond motifs is 3. The van der Waals surface area contributed by atoms with Gasteiger partial charge in [-0.05, 0) is 30.2 Å². The molecule has 0 radical (unpaired) electrons. The second-order valence-corrected chi connectivity index (χ2v) is 4.54. The highest BCUT2D eigenvalue weighted by atomic mass is 16.5. The number of rotatable bonds is 2. The molecule has 0 aliphatic carbocycles. The van der Waals surface area contributed by atoms with Gasteiger partial charge in [0.15, 0.2) is 5.58 Å². The molecule has 2 nitrogen and oxygen atoms in total. The Labute approximate surface area is 100 Å². The Morgan fingerprint density at radius 3 is 2.88 bits per heavy atom. The zero-order chi connectivity index (χ0) is 11.8. The number of nitrogens with zero attached hydrogens (tertiary/aromatic N) is 1. The second-order valence-electron chi connectivity index (χ2n) is 4.54.